The number of ether oxygens (including phenoxy) is 1. The molecule has 1 heterocycles. The molecular weight excluding hydrogens is 560 g/mol. The van der Waals surface area contributed by atoms with Crippen molar-refractivity contribution in [2.45, 2.75) is 37.9 Å². The number of nitrogens with two attached hydrogens (primary N) is 2. The number of rotatable bonds is 6. The van der Waals surface area contributed by atoms with Crippen molar-refractivity contribution in [1.82, 2.24) is 0 Å². The molecule has 0 saturated carbocycles. The number of hydrogen-bond acceptors (Lipinski definition) is 10. The Hall–Kier alpha value is -2.65. The summed E-state index contributed by atoms with van der Waals surface area (Å²) in [5.74, 6) is 0.430. The summed E-state index contributed by atoms with van der Waals surface area (Å²) in [5.41, 5.74) is 12.1. The lowest BCUT2D eigenvalue weighted by atomic mass is 10.1. The Morgan fingerprint density at radius 3 is 2.17 bits per heavy atom. The van der Waals surface area contributed by atoms with E-state index < -0.39 is 30.9 Å². The third-order valence-electron chi connectivity index (χ3n) is 4.59. The highest BCUT2D eigenvalue weighted by Gasteiger charge is 2.33. The van der Waals surface area contributed by atoms with Gasteiger partial charge < -0.3 is 16.2 Å². The molecule has 3 rings (SSSR count). The van der Waals surface area contributed by atoms with Gasteiger partial charge in [-0.2, -0.15) is 21.8 Å². The maximum absolute atomic E-state index is 13.1. The maximum atomic E-state index is 13.1. The molecule has 16 heteroatoms. The van der Waals surface area contributed by atoms with E-state index in [1.54, 1.807) is 23.1 Å². The van der Waals surface area contributed by atoms with Gasteiger partial charge >= 0.3 is 10.2 Å². The molecule has 36 heavy (non-hydrogen) atoms. The second-order valence-corrected chi connectivity index (χ2v) is 11.6. The highest BCUT2D eigenvalue weighted by Crippen LogP contribution is 2.34. The van der Waals surface area contributed by atoms with Crippen molar-refractivity contribution in [2.75, 3.05) is 10.7 Å². The third-order valence-corrected chi connectivity index (χ3v) is 6.92. The molecule has 0 atom stereocenters. The van der Waals surface area contributed by atoms with E-state index in [-0.39, 0.29) is 29.3 Å². The van der Waals surface area contributed by atoms with Gasteiger partial charge in [-0.25, -0.2) is 4.99 Å². The van der Waals surface area contributed by atoms with E-state index in [0.717, 1.165) is 6.07 Å². The Morgan fingerprint density at radius 1 is 1.08 bits per heavy atom. The molecule has 0 saturated heterocycles. The number of guanidine groups is 2. The van der Waals surface area contributed by atoms with Crippen molar-refractivity contribution in [2.24, 2.45) is 21.5 Å². The van der Waals surface area contributed by atoms with Crippen LogP contribution in [0.1, 0.15) is 26.3 Å². The Kier molecular flexibility index (Phi) is 9.18. The normalized spacial score (nSPS) is 15.4. The lowest BCUT2D eigenvalue weighted by molar-refractivity contribution is 0.306. The van der Waals surface area contributed by atoms with Crippen molar-refractivity contribution in [3.05, 3.63) is 52.0 Å². The van der Waals surface area contributed by atoms with Crippen molar-refractivity contribution >= 4 is 61.1 Å². The van der Waals surface area contributed by atoms with E-state index in [9.17, 15) is 20.7 Å². The van der Waals surface area contributed by atoms with Crippen LogP contribution >= 0.6 is 23.2 Å². The van der Waals surface area contributed by atoms with E-state index in [4.69, 9.17) is 44.0 Å². The monoisotopic (exact) mass is 583 g/mol. The number of halogens is 3. The molecule has 1 aliphatic rings. The van der Waals surface area contributed by atoms with E-state index in [0.29, 0.717) is 22.0 Å². The first-order valence-corrected chi connectivity index (χ1v) is 13.8. The van der Waals surface area contributed by atoms with Crippen LogP contribution < -0.4 is 21.1 Å². The molecule has 0 aliphatic carbocycles. The highest BCUT2D eigenvalue weighted by molar-refractivity contribution is 7.86. The van der Waals surface area contributed by atoms with Gasteiger partial charge in [-0.05, 0) is 56.7 Å². The van der Waals surface area contributed by atoms with Gasteiger partial charge in [0.15, 0.2) is 0 Å². The quantitative estimate of drug-likeness (QED) is 0.339. The number of anilines is 1. The van der Waals surface area contributed by atoms with Crippen LogP contribution in [0.3, 0.4) is 0 Å². The van der Waals surface area contributed by atoms with Crippen molar-refractivity contribution in [3.8, 4) is 5.75 Å². The molecule has 0 amide bonds. The summed E-state index contributed by atoms with van der Waals surface area (Å²) in [5, 5.41) is 0.0645. The van der Waals surface area contributed by atoms with Crippen molar-refractivity contribution < 1.29 is 30.0 Å². The molecule has 5 N–H and O–H groups in total. The summed E-state index contributed by atoms with van der Waals surface area (Å²) >= 11 is 12.2. The summed E-state index contributed by atoms with van der Waals surface area (Å²) in [6.45, 7) is 5.05. The molecule has 2 aromatic rings. The molecule has 0 bridgehead atoms. The summed E-state index contributed by atoms with van der Waals surface area (Å²) in [4.78, 5) is 9.35. The molecular formula is C20H24Cl2FN5O6S2. The minimum absolute atomic E-state index is 0.0328. The second-order valence-electron chi connectivity index (χ2n) is 7.75. The third kappa shape index (κ3) is 7.93. The fourth-order valence-corrected chi connectivity index (χ4v) is 4.22. The van der Waals surface area contributed by atoms with Gasteiger partial charge in [0.2, 0.25) is 11.9 Å². The molecule has 198 valence electrons. The minimum Gasteiger partial charge on any atom is -0.487 e. The summed E-state index contributed by atoms with van der Waals surface area (Å²) in [6, 6.07) is 8.80. The summed E-state index contributed by atoms with van der Waals surface area (Å²) in [7, 11) is -8.55. The van der Waals surface area contributed by atoms with Crippen LogP contribution in [0.4, 0.5) is 9.57 Å². The molecule has 1 aliphatic heterocycles. The van der Waals surface area contributed by atoms with Crippen LogP contribution in [0.2, 0.25) is 10.0 Å². The fourth-order valence-electron chi connectivity index (χ4n) is 2.99. The van der Waals surface area contributed by atoms with Gasteiger partial charge in [0.05, 0.1) is 15.8 Å². The predicted octanol–water partition coefficient (Wildman–Crippen LogP) is 3.31. The smallest absolute Gasteiger partial charge is 0.333 e. The van der Waals surface area contributed by atoms with Crippen LogP contribution in [0.25, 0.3) is 0 Å². The number of hydrogen-bond donors (Lipinski definition) is 3. The van der Waals surface area contributed by atoms with Crippen LogP contribution in [0.5, 0.6) is 5.75 Å². The Bertz CT molecular complexity index is 1420. The molecule has 0 aromatic heterocycles. The lowest BCUT2D eigenvalue weighted by Crippen LogP contribution is -2.54. The van der Waals surface area contributed by atoms with Gasteiger partial charge in [0.1, 0.15) is 22.9 Å². The van der Waals surface area contributed by atoms with Crippen LogP contribution in [0.15, 0.2) is 51.3 Å². The molecule has 0 radical (unpaired) electrons. The standard InChI is InChI=1S/C18H18Cl2FN5O3S.C2H6O3S/c1-18(2)25-16(22)24-17(23)26(18)11-4-5-14(12(19)8-11)29-9-10-3-6-15(13(20)7-10)30(21,27)28;1-2-6(3,4)5/h3-8H,9H2,1-2H3,(H4,22,23,24,25);2H2,1H3,(H,3,4,5). The number of nitrogens with zero attached hydrogens (tertiary/aromatic N) is 3. The first-order valence-electron chi connectivity index (χ1n) is 10.0. The zero-order valence-corrected chi connectivity index (χ0v) is 22.5. The SMILES string of the molecule is CC1(C)N=C(N)N=C(N)N1c1ccc(OCc2ccc(S(=O)(=O)F)c(Cl)c2)c(Cl)c1.CCS(=O)(=O)O. The number of benzene rings is 2. The van der Waals surface area contributed by atoms with Crippen LogP contribution in [-0.4, -0.2) is 44.7 Å². The lowest BCUT2D eigenvalue weighted by Gasteiger charge is -2.38. The predicted molar refractivity (Wildman–Crippen MR) is 137 cm³/mol. The zero-order chi connectivity index (χ0) is 27.5. The van der Waals surface area contributed by atoms with E-state index in [1.165, 1.54) is 19.1 Å². The minimum atomic E-state index is -4.89. The maximum Gasteiger partial charge on any atom is 0.333 e. The summed E-state index contributed by atoms with van der Waals surface area (Å²) in [6.07, 6.45) is 0. The first kappa shape index (κ1) is 29.6. The molecule has 0 spiro atoms. The van der Waals surface area contributed by atoms with E-state index in [1.807, 2.05) is 13.8 Å². The highest BCUT2D eigenvalue weighted by atomic mass is 35.5. The van der Waals surface area contributed by atoms with Crippen molar-refractivity contribution in [3.63, 3.8) is 0 Å². The Morgan fingerprint density at radius 2 is 1.69 bits per heavy atom. The first-order chi connectivity index (χ1) is 16.4. The topological polar surface area (TPSA) is 178 Å². The Balaban J connectivity index is 0.000000678. The van der Waals surface area contributed by atoms with Gasteiger partial charge in [-0.15, -0.1) is 3.89 Å². The van der Waals surface area contributed by atoms with Crippen LogP contribution in [0, 0.1) is 0 Å². The summed E-state index contributed by atoms with van der Waals surface area (Å²) < 4.78 is 67.7. The molecule has 0 unspecified atom stereocenters. The fraction of sp³-hybridized carbons (Fsp3) is 0.300. The van der Waals surface area contributed by atoms with Gasteiger partial charge in [-0.1, -0.05) is 29.3 Å². The van der Waals surface area contributed by atoms with Gasteiger partial charge in [0, 0.05) is 5.69 Å². The Labute approximate surface area is 218 Å². The zero-order valence-electron chi connectivity index (χ0n) is 19.3. The van der Waals surface area contributed by atoms with Crippen molar-refractivity contribution in [1.29, 1.82) is 0 Å². The average molecular weight is 584 g/mol. The van der Waals surface area contributed by atoms with Crippen LogP contribution in [-0.2, 0) is 26.9 Å². The van der Waals surface area contributed by atoms with Gasteiger partial charge in [-0.3, -0.25) is 9.45 Å². The van der Waals surface area contributed by atoms with E-state index >= 15 is 0 Å². The molecule has 2 aromatic carbocycles. The van der Waals surface area contributed by atoms with E-state index in [2.05, 4.69) is 9.98 Å². The molecule has 11 nitrogen and oxygen atoms in total. The van der Waals surface area contributed by atoms with Gasteiger partial charge in [0.25, 0.3) is 10.1 Å². The number of aliphatic imine (C=N–C) groups is 2. The average Bonchev–Trinajstić information content (AvgIpc) is 2.70. The molecule has 0 fully saturated rings. The second kappa shape index (κ2) is 11.2. The largest absolute Gasteiger partial charge is 0.487 e.